The molecule has 2 atom stereocenters. The molecule has 0 saturated heterocycles. The molecule has 0 aliphatic heterocycles. The second-order valence-electron chi connectivity index (χ2n) is 4.36. The van der Waals surface area contributed by atoms with Crippen LogP contribution in [0.15, 0.2) is 0 Å². The van der Waals surface area contributed by atoms with Gasteiger partial charge in [0.25, 0.3) is 0 Å². The van der Waals surface area contributed by atoms with Crippen LogP contribution in [0.5, 0.6) is 0 Å². The largest absolute Gasteiger partial charge is 0.414 e. The number of halogens is 3. The highest BCUT2D eigenvalue weighted by Crippen LogP contribution is 2.25. The van der Waals surface area contributed by atoms with Crippen molar-refractivity contribution in [2.75, 3.05) is 6.61 Å². The number of ether oxygens (including phenoxy) is 1. The van der Waals surface area contributed by atoms with E-state index in [0.29, 0.717) is 0 Å². The van der Waals surface area contributed by atoms with E-state index in [4.69, 9.17) is 5.26 Å². The number of nitriles is 1. The number of nitrogens with one attached hydrogen (secondary N) is 1. The summed E-state index contributed by atoms with van der Waals surface area (Å²) in [5.74, 6) is 0. The highest BCUT2D eigenvalue weighted by molar-refractivity contribution is 5.07. The second kappa shape index (κ2) is 4.60. The van der Waals surface area contributed by atoms with E-state index in [1.807, 2.05) is 6.07 Å². The Kier molecular flexibility index (Phi) is 3.81. The zero-order valence-corrected chi connectivity index (χ0v) is 9.27. The number of alkyl halides is 3. The van der Waals surface area contributed by atoms with Gasteiger partial charge in [-0.15, -0.1) is 0 Å². The monoisotopic (exact) mass is 236 g/mol. The van der Waals surface area contributed by atoms with Crippen LogP contribution in [0, 0.1) is 11.3 Å². The molecule has 1 fully saturated rings. The van der Waals surface area contributed by atoms with Gasteiger partial charge < -0.3 is 4.74 Å². The van der Waals surface area contributed by atoms with Crippen molar-refractivity contribution in [1.29, 1.82) is 5.26 Å². The van der Waals surface area contributed by atoms with Crippen LogP contribution < -0.4 is 5.32 Å². The topological polar surface area (TPSA) is 45.0 Å². The molecule has 0 aromatic carbocycles. The predicted octanol–water partition coefficient (Wildman–Crippen LogP) is 1.99. The van der Waals surface area contributed by atoms with Gasteiger partial charge in [-0.2, -0.15) is 18.4 Å². The first-order valence-electron chi connectivity index (χ1n) is 5.14. The zero-order chi connectivity index (χ0) is 12.4. The molecular weight excluding hydrogens is 221 g/mol. The summed E-state index contributed by atoms with van der Waals surface area (Å²) >= 11 is 0. The molecule has 1 aliphatic carbocycles. The van der Waals surface area contributed by atoms with Crippen LogP contribution in [0.3, 0.4) is 0 Å². The number of hydrogen-bond donors (Lipinski definition) is 1. The van der Waals surface area contributed by atoms with Crippen molar-refractivity contribution in [2.45, 2.75) is 50.6 Å². The van der Waals surface area contributed by atoms with Gasteiger partial charge in [0.05, 0.1) is 12.7 Å². The third-order valence-electron chi connectivity index (χ3n) is 2.43. The van der Waals surface area contributed by atoms with Crippen molar-refractivity contribution < 1.29 is 17.9 Å². The molecule has 1 saturated carbocycles. The van der Waals surface area contributed by atoms with Crippen LogP contribution in [0.1, 0.15) is 26.7 Å². The highest BCUT2D eigenvalue weighted by atomic mass is 19.4. The van der Waals surface area contributed by atoms with E-state index >= 15 is 0 Å². The highest BCUT2D eigenvalue weighted by Gasteiger charge is 2.39. The molecule has 0 radical (unpaired) electrons. The Hall–Kier alpha value is -0.800. The minimum atomic E-state index is -4.38. The number of hydrogen-bond acceptors (Lipinski definition) is 3. The molecule has 0 aromatic heterocycles. The van der Waals surface area contributed by atoms with E-state index in [9.17, 15) is 13.2 Å². The van der Waals surface area contributed by atoms with Gasteiger partial charge >= 0.3 is 6.18 Å². The van der Waals surface area contributed by atoms with Crippen molar-refractivity contribution in [3.63, 3.8) is 0 Å². The summed E-state index contributed by atoms with van der Waals surface area (Å²) in [4.78, 5) is 0. The summed E-state index contributed by atoms with van der Waals surface area (Å²) in [6.07, 6.45) is -4.30. The van der Waals surface area contributed by atoms with Gasteiger partial charge in [-0.25, -0.2) is 0 Å². The molecule has 0 amide bonds. The lowest BCUT2D eigenvalue weighted by atomic mass is 10.1. The minimum absolute atomic E-state index is 0.245. The Morgan fingerprint density at radius 1 is 1.50 bits per heavy atom. The van der Waals surface area contributed by atoms with E-state index in [2.05, 4.69) is 10.1 Å². The summed E-state index contributed by atoms with van der Waals surface area (Å²) in [5.41, 5.74) is -1.04. The molecule has 6 heteroatoms. The Morgan fingerprint density at radius 2 is 2.06 bits per heavy atom. The van der Waals surface area contributed by atoms with Gasteiger partial charge in [0, 0.05) is 6.04 Å². The van der Waals surface area contributed by atoms with Crippen LogP contribution in [0.2, 0.25) is 0 Å². The van der Waals surface area contributed by atoms with Gasteiger partial charge in [-0.1, -0.05) is 0 Å². The van der Waals surface area contributed by atoms with Crippen LogP contribution in [0.4, 0.5) is 13.2 Å². The lowest BCUT2D eigenvalue weighted by Gasteiger charge is -2.26. The average molecular weight is 236 g/mol. The van der Waals surface area contributed by atoms with Crippen molar-refractivity contribution in [3.05, 3.63) is 0 Å². The van der Waals surface area contributed by atoms with Gasteiger partial charge in [-0.3, -0.25) is 5.32 Å². The van der Waals surface area contributed by atoms with E-state index in [-0.39, 0.29) is 12.6 Å². The van der Waals surface area contributed by atoms with Crippen molar-refractivity contribution in [1.82, 2.24) is 5.32 Å². The Morgan fingerprint density at radius 3 is 2.44 bits per heavy atom. The molecule has 0 aromatic rings. The fraction of sp³-hybridized carbons (Fsp3) is 0.900. The van der Waals surface area contributed by atoms with Gasteiger partial charge in [0.2, 0.25) is 0 Å². The second-order valence-corrected chi connectivity index (χ2v) is 4.36. The molecule has 3 nitrogen and oxygen atoms in total. The Labute approximate surface area is 92.6 Å². The quantitative estimate of drug-likeness (QED) is 0.794. The summed E-state index contributed by atoms with van der Waals surface area (Å²) in [6.45, 7) is 2.23. The molecule has 0 spiro atoms. The maximum absolute atomic E-state index is 12.2. The first-order chi connectivity index (χ1) is 7.27. The van der Waals surface area contributed by atoms with Gasteiger partial charge in [-0.05, 0) is 26.7 Å². The van der Waals surface area contributed by atoms with Crippen molar-refractivity contribution in [3.8, 4) is 6.07 Å². The molecule has 92 valence electrons. The molecule has 1 rings (SSSR count). The summed E-state index contributed by atoms with van der Waals surface area (Å²) in [7, 11) is 0. The standard InChI is InChI=1S/C10H15F3N2O/c1-7(10(11,12)13)16-6-9(2,5-14)15-8-3-4-8/h7-8,15H,3-4,6H2,1-2H3. The van der Waals surface area contributed by atoms with E-state index in [0.717, 1.165) is 19.8 Å². The summed E-state index contributed by atoms with van der Waals surface area (Å²) < 4.78 is 41.2. The third kappa shape index (κ3) is 3.99. The Bertz CT molecular complexity index is 283. The van der Waals surface area contributed by atoms with E-state index < -0.39 is 17.8 Å². The minimum Gasteiger partial charge on any atom is -0.366 e. The van der Waals surface area contributed by atoms with Gasteiger partial charge in [0.1, 0.15) is 5.54 Å². The van der Waals surface area contributed by atoms with Crippen molar-refractivity contribution >= 4 is 0 Å². The predicted molar refractivity (Wildman–Crippen MR) is 51.6 cm³/mol. The SMILES string of the molecule is CC(OCC(C)(C#N)NC1CC1)C(F)(F)F. The first kappa shape index (κ1) is 13.3. The van der Waals surface area contributed by atoms with Crippen LogP contribution >= 0.6 is 0 Å². The van der Waals surface area contributed by atoms with Gasteiger partial charge in [0.15, 0.2) is 6.10 Å². The fourth-order valence-corrected chi connectivity index (χ4v) is 1.17. The maximum atomic E-state index is 12.2. The normalized spacial score (nSPS) is 22.2. The molecular formula is C10H15F3N2O. The molecule has 2 unspecified atom stereocenters. The van der Waals surface area contributed by atoms with E-state index in [1.165, 1.54) is 0 Å². The zero-order valence-electron chi connectivity index (χ0n) is 9.27. The number of nitrogens with zero attached hydrogens (tertiary/aromatic N) is 1. The summed E-state index contributed by atoms with van der Waals surface area (Å²) in [5, 5.41) is 11.9. The average Bonchev–Trinajstić information content (AvgIpc) is 2.96. The lowest BCUT2D eigenvalue weighted by Crippen LogP contribution is -2.48. The first-order valence-corrected chi connectivity index (χ1v) is 5.14. The smallest absolute Gasteiger partial charge is 0.366 e. The lowest BCUT2D eigenvalue weighted by molar-refractivity contribution is -0.216. The fourth-order valence-electron chi connectivity index (χ4n) is 1.17. The molecule has 0 heterocycles. The Balaban J connectivity index is 2.41. The van der Waals surface area contributed by atoms with Crippen molar-refractivity contribution in [2.24, 2.45) is 0 Å². The maximum Gasteiger partial charge on any atom is 0.414 e. The molecule has 0 bridgehead atoms. The number of rotatable bonds is 5. The third-order valence-corrected chi connectivity index (χ3v) is 2.43. The molecule has 1 N–H and O–H groups in total. The molecule has 1 aliphatic rings. The van der Waals surface area contributed by atoms with E-state index in [1.54, 1.807) is 6.92 Å². The van der Waals surface area contributed by atoms with Crippen LogP contribution in [-0.2, 0) is 4.74 Å². The molecule has 16 heavy (non-hydrogen) atoms. The summed E-state index contributed by atoms with van der Waals surface area (Å²) in [6, 6.07) is 2.20. The van der Waals surface area contributed by atoms with Crippen LogP contribution in [-0.4, -0.2) is 30.5 Å². The van der Waals surface area contributed by atoms with Crippen LogP contribution in [0.25, 0.3) is 0 Å².